The van der Waals surface area contributed by atoms with Gasteiger partial charge in [0, 0.05) is 12.1 Å². The molecule has 0 amide bonds. The van der Waals surface area contributed by atoms with Crippen LogP contribution < -0.4 is 5.32 Å². The number of rotatable bonds is 2. The van der Waals surface area contributed by atoms with E-state index in [0.717, 1.165) is 11.4 Å². The minimum Gasteiger partial charge on any atom is -0.480 e. The zero-order chi connectivity index (χ0) is 10.4. The second-order valence-electron chi connectivity index (χ2n) is 4.34. The van der Waals surface area contributed by atoms with Gasteiger partial charge in [-0.1, -0.05) is 0 Å². The van der Waals surface area contributed by atoms with Gasteiger partial charge in [0.05, 0.1) is 18.1 Å². The normalized spacial score (nSPS) is 29.9. The maximum Gasteiger partial charge on any atom is 0.321 e. The van der Waals surface area contributed by atoms with Crippen molar-refractivity contribution in [2.24, 2.45) is 5.92 Å². The monoisotopic (exact) mass is 207 g/mol. The molecule has 1 aliphatic heterocycles. The number of carboxylic acids is 1. The summed E-state index contributed by atoms with van der Waals surface area (Å²) in [6.45, 7) is 0. The number of imidazole rings is 1. The molecule has 2 atom stereocenters. The van der Waals surface area contributed by atoms with E-state index in [-0.39, 0.29) is 6.04 Å². The fourth-order valence-electron chi connectivity index (χ4n) is 2.27. The highest BCUT2D eigenvalue weighted by Crippen LogP contribution is 2.43. The largest absolute Gasteiger partial charge is 0.480 e. The maximum atomic E-state index is 11.0. The number of H-pyrrole nitrogens is 1. The number of nitrogens with zero attached hydrogens (tertiary/aromatic N) is 1. The van der Waals surface area contributed by atoms with Crippen LogP contribution in [0.25, 0.3) is 0 Å². The van der Waals surface area contributed by atoms with Gasteiger partial charge in [0.2, 0.25) is 0 Å². The zero-order valence-electron chi connectivity index (χ0n) is 8.23. The lowest BCUT2D eigenvalue weighted by Gasteiger charge is -2.27. The third kappa shape index (κ3) is 1.43. The van der Waals surface area contributed by atoms with E-state index in [4.69, 9.17) is 5.11 Å². The SMILES string of the molecule is O=C(O)[C@H]1Cc2[nH]cnc2C(C2CC2)N1. The molecular formula is C10H13N3O2. The van der Waals surface area contributed by atoms with E-state index in [1.54, 1.807) is 6.33 Å². The number of carboxylic acid groups (broad SMARTS) is 1. The molecule has 3 rings (SSSR count). The van der Waals surface area contributed by atoms with E-state index in [1.807, 2.05) is 0 Å². The van der Waals surface area contributed by atoms with E-state index in [1.165, 1.54) is 12.8 Å². The second kappa shape index (κ2) is 3.06. The van der Waals surface area contributed by atoms with Crippen LogP contribution in [-0.2, 0) is 11.2 Å². The van der Waals surface area contributed by atoms with Gasteiger partial charge in [-0.25, -0.2) is 4.98 Å². The number of hydrogen-bond donors (Lipinski definition) is 3. The highest BCUT2D eigenvalue weighted by molar-refractivity contribution is 5.74. The van der Waals surface area contributed by atoms with Crippen LogP contribution in [0.1, 0.15) is 30.3 Å². The second-order valence-corrected chi connectivity index (χ2v) is 4.34. The minimum absolute atomic E-state index is 0.140. The minimum atomic E-state index is -0.777. The van der Waals surface area contributed by atoms with Crippen molar-refractivity contribution in [2.75, 3.05) is 0 Å². The zero-order valence-corrected chi connectivity index (χ0v) is 8.23. The lowest BCUT2D eigenvalue weighted by molar-refractivity contribution is -0.140. The van der Waals surface area contributed by atoms with Crippen LogP contribution in [0.4, 0.5) is 0 Å². The molecule has 1 aliphatic carbocycles. The van der Waals surface area contributed by atoms with Crippen LogP contribution in [0.2, 0.25) is 0 Å². The molecule has 0 aromatic carbocycles. The Bertz CT molecular complexity index is 397. The van der Waals surface area contributed by atoms with Gasteiger partial charge in [-0.15, -0.1) is 0 Å². The molecule has 15 heavy (non-hydrogen) atoms. The van der Waals surface area contributed by atoms with Gasteiger partial charge < -0.3 is 10.1 Å². The summed E-state index contributed by atoms with van der Waals surface area (Å²) < 4.78 is 0. The lowest BCUT2D eigenvalue weighted by atomic mass is 9.96. The Hall–Kier alpha value is -1.36. The molecule has 1 aromatic rings. The predicted molar refractivity (Wildman–Crippen MR) is 52.3 cm³/mol. The maximum absolute atomic E-state index is 11.0. The molecule has 1 unspecified atom stereocenters. The van der Waals surface area contributed by atoms with Crippen LogP contribution in [0.15, 0.2) is 6.33 Å². The summed E-state index contributed by atoms with van der Waals surface area (Å²) in [7, 11) is 0. The summed E-state index contributed by atoms with van der Waals surface area (Å²) in [4.78, 5) is 18.3. The van der Waals surface area contributed by atoms with Crippen molar-refractivity contribution >= 4 is 5.97 Å². The van der Waals surface area contributed by atoms with Crippen LogP contribution >= 0.6 is 0 Å². The molecule has 0 saturated heterocycles. The highest BCUT2D eigenvalue weighted by atomic mass is 16.4. The molecule has 2 heterocycles. The third-order valence-electron chi connectivity index (χ3n) is 3.23. The van der Waals surface area contributed by atoms with Crippen LogP contribution in [0, 0.1) is 5.92 Å². The Labute approximate surface area is 86.9 Å². The number of hydrogen-bond acceptors (Lipinski definition) is 3. The van der Waals surface area contributed by atoms with Crippen molar-refractivity contribution in [1.82, 2.24) is 15.3 Å². The van der Waals surface area contributed by atoms with Crippen molar-refractivity contribution < 1.29 is 9.90 Å². The van der Waals surface area contributed by atoms with E-state index in [2.05, 4.69) is 15.3 Å². The summed E-state index contributed by atoms with van der Waals surface area (Å²) in [5.41, 5.74) is 2.01. The van der Waals surface area contributed by atoms with E-state index in [9.17, 15) is 4.79 Å². The quantitative estimate of drug-likeness (QED) is 0.658. The number of aliphatic carboxylic acids is 1. The summed E-state index contributed by atoms with van der Waals surface area (Å²) >= 11 is 0. The van der Waals surface area contributed by atoms with E-state index in [0.29, 0.717) is 12.3 Å². The fraction of sp³-hybridized carbons (Fsp3) is 0.600. The Morgan fingerprint density at radius 3 is 3.00 bits per heavy atom. The fourth-order valence-corrected chi connectivity index (χ4v) is 2.27. The molecule has 3 N–H and O–H groups in total. The lowest BCUT2D eigenvalue weighted by Crippen LogP contribution is -2.45. The van der Waals surface area contributed by atoms with Crippen LogP contribution in [-0.4, -0.2) is 27.1 Å². The van der Waals surface area contributed by atoms with Crippen molar-refractivity contribution in [1.29, 1.82) is 0 Å². The standard InChI is InChI=1S/C10H13N3O2/c14-10(15)7-3-6-9(12-4-11-6)8(13-7)5-1-2-5/h4-5,7-8,13H,1-3H2,(H,11,12)(H,14,15)/t7-,8?/m1/s1. The van der Waals surface area contributed by atoms with Gasteiger partial charge in [-0.3, -0.25) is 10.1 Å². The average Bonchev–Trinajstić information content (AvgIpc) is 2.94. The molecule has 1 aromatic heterocycles. The topological polar surface area (TPSA) is 78.0 Å². The van der Waals surface area contributed by atoms with Gasteiger partial charge in [0.15, 0.2) is 0 Å². The molecule has 80 valence electrons. The number of fused-ring (bicyclic) bond motifs is 1. The summed E-state index contributed by atoms with van der Waals surface area (Å²) in [6, 6.07) is -0.329. The number of carbonyl (C=O) groups is 1. The Morgan fingerprint density at radius 2 is 2.33 bits per heavy atom. The van der Waals surface area contributed by atoms with Crippen molar-refractivity contribution in [3.8, 4) is 0 Å². The van der Waals surface area contributed by atoms with Gasteiger partial charge in [0.1, 0.15) is 6.04 Å². The van der Waals surface area contributed by atoms with Crippen molar-refractivity contribution in [3.05, 3.63) is 17.7 Å². The molecule has 1 fully saturated rings. The molecule has 1 saturated carbocycles. The average molecular weight is 207 g/mol. The molecule has 0 bridgehead atoms. The molecule has 5 heteroatoms. The first-order valence-corrected chi connectivity index (χ1v) is 5.26. The Morgan fingerprint density at radius 1 is 1.53 bits per heavy atom. The third-order valence-corrected chi connectivity index (χ3v) is 3.23. The van der Waals surface area contributed by atoms with Gasteiger partial charge >= 0.3 is 5.97 Å². The summed E-state index contributed by atoms with van der Waals surface area (Å²) in [5, 5.41) is 12.2. The van der Waals surface area contributed by atoms with Crippen LogP contribution in [0.5, 0.6) is 0 Å². The van der Waals surface area contributed by atoms with E-state index < -0.39 is 12.0 Å². The first-order chi connectivity index (χ1) is 7.25. The smallest absolute Gasteiger partial charge is 0.321 e. The van der Waals surface area contributed by atoms with Gasteiger partial charge in [-0.2, -0.15) is 0 Å². The predicted octanol–water partition coefficient (Wildman–Crippen LogP) is 0.460. The summed E-state index contributed by atoms with van der Waals surface area (Å²) in [5.74, 6) is -0.199. The number of nitrogens with one attached hydrogen (secondary N) is 2. The molecule has 0 radical (unpaired) electrons. The molecule has 0 spiro atoms. The van der Waals surface area contributed by atoms with Gasteiger partial charge in [-0.05, 0) is 18.8 Å². The highest BCUT2D eigenvalue weighted by Gasteiger charge is 2.40. The number of aromatic nitrogens is 2. The molecule has 5 nitrogen and oxygen atoms in total. The van der Waals surface area contributed by atoms with Crippen molar-refractivity contribution in [3.63, 3.8) is 0 Å². The van der Waals surface area contributed by atoms with E-state index >= 15 is 0 Å². The van der Waals surface area contributed by atoms with Crippen molar-refractivity contribution in [2.45, 2.75) is 31.3 Å². The van der Waals surface area contributed by atoms with Gasteiger partial charge in [0.25, 0.3) is 0 Å². The Kier molecular flexibility index (Phi) is 1.82. The molecular weight excluding hydrogens is 194 g/mol. The van der Waals surface area contributed by atoms with Crippen LogP contribution in [0.3, 0.4) is 0 Å². The summed E-state index contributed by atoms with van der Waals surface area (Å²) in [6.07, 6.45) is 4.52. The first kappa shape index (κ1) is 8.91. The molecule has 2 aliphatic rings. The first-order valence-electron chi connectivity index (χ1n) is 5.26. The number of aromatic amines is 1. The Balaban J connectivity index is 1.93.